The first kappa shape index (κ1) is 17.2. The third kappa shape index (κ3) is 4.09. The molecule has 5 nitrogen and oxygen atoms in total. The molecule has 0 atom stereocenters. The van der Waals surface area contributed by atoms with E-state index in [-0.39, 0.29) is 0 Å². The number of benzene rings is 1. The second-order valence-electron chi connectivity index (χ2n) is 5.61. The molecule has 3 aromatic rings. The normalized spacial score (nSPS) is 11.7. The minimum Gasteiger partial charge on any atom is -0.462 e. The Morgan fingerprint density at radius 2 is 1.96 bits per heavy atom. The van der Waals surface area contributed by atoms with E-state index in [1.165, 1.54) is 22.5 Å². The molecular weight excluding hydrogens is 332 g/mol. The third-order valence-corrected chi connectivity index (χ3v) is 4.85. The lowest BCUT2D eigenvalue weighted by Gasteiger charge is -2.14. The molecule has 0 fully saturated rings. The number of aromatic nitrogens is 1. The van der Waals surface area contributed by atoms with Gasteiger partial charge in [-0.15, -0.1) is 11.3 Å². The summed E-state index contributed by atoms with van der Waals surface area (Å²) in [5.41, 5.74) is 10.5. The van der Waals surface area contributed by atoms with Gasteiger partial charge in [0.05, 0.1) is 18.5 Å². The maximum absolute atomic E-state index is 6.10. The average Bonchev–Trinajstić information content (AvgIpc) is 3.31. The van der Waals surface area contributed by atoms with E-state index in [9.17, 15) is 0 Å². The molecule has 3 N–H and O–H groups in total. The van der Waals surface area contributed by atoms with Crippen LogP contribution < -0.4 is 11.1 Å². The van der Waals surface area contributed by atoms with Gasteiger partial charge in [0, 0.05) is 11.1 Å². The summed E-state index contributed by atoms with van der Waals surface area (Å²) >= 11 is 1.54. The summed E-state index contributed by atoms with van der Waals surface area (Å²) in [4.78, 5) is 8.97. The molecule has 6 heteroatoms. The Morgan fingerprint density at radius 3 is 2.60 bits per heavy atom. The van der Waals surface area contributed by atoms with Crippen LogP contribution in [-0.4, -0.2) is 10.9 Å². The quantitative estimate of drug-likeness (QED) is 0.506. The van der Waals surface area contributed by atoms with E-state index < -0.39 is 0 Å². The Labute approximate surface area is 151 Å². The SMILES string of the molecule is CCc1cccc(CC)c1NC(N)=NCc1csc(-c2ccco2)n1. The average molecular weight is 354 g/mol. The molecule has 2 heterocycles. The Bertz CT molecular complexity index is 830. The summed E-state index contributed by atoms with van der Waals surface area (Å²) in [5, 5.41) is 6.10. The number of furan rings is 1. The van der Waals surface area contributed by atoms with E-state index >= 15 is 0 Å². The Balaban J connectivity index is 1.71. The minimum absolute atomic E-state index is 0.406. The van der Waals surface area contributed by atoms with E-state index in [2.05, 4.69) is 47.3 Å². The predicted octanol–water partition coefficient (Wildman–Crippen LogP) is 4.45. The van der Waals surface area contributed by atoms with Gasteiger partial charge >= 0.3 is 0 Å². The maximum Gasteiger partial charge on any atom is 0.193 e. The van der Waals surface area contributed by atoms with Crippen molar-refractivity contribution in [3.63, 3.8) is 0 Å². The van der Waals surface area contributed by atoms with Crippen LogP contribution in [0.25, 0.3) is 10.8 Å². The Morgan fingerprint density at radius 1 is 1.20 bits per heavy atom. The van der Waals surface area contributed by atoms with Gasteiger partial charge in [0.2, 0.25) is 0 Å². The van der Waals surface area contributed by atoms with Crippen LogP contribution in [0.15, 0.2) is 51.4 Å². The van der Waals surface area contributed by atoms with Crippen molar-refractivity contribution in [2.45, 2.75) is 33.2 Å². The number of aliphatic imine (C=N–C) groups is 1. The van der Waals surface area contributed by atoms with Crippen LogP contribution in [-0.2, 0) is 19.4 Å². The van der Waals surface area contributed by atoms with Gasteiger partial charge in [-0.25, -0.2) is 9.98 Å². The van der Waals surface area contributed by atoms with E-state index in [1.807, 2.05) is 17.5 Å². The number of thiazole rings is 1. The van der Waals surface area contributed by atoms with Gasteiger partial charge in [0.1, 0.15) is 0 Å². The molecule has 0 radical (unpaired) electrons. The maximum atomic E-state index is 6.10. The van der Waals surface area contributed by atoms with Crippen LogP contribution >= 0.6 is 11.3 Å². The third-order valence-electron chi connectivity index (χ3n) is 3.95. The summed E-state index contributed by atoms with van der Waals surface area (Å²) < 4.78 is 5.36. The fraction of sp³-hybridized carbons (Fsp3) is 0.263. The first-order chi connectivity index (χ1) is 12.2. The highest BCUT2D eigenvalue weighted by Crippen LogP contribution is 2.24. The zero-order valence-electron chi connectivity index (χ0n) is 14.5. The topological polar surface area (TPSA) is 76.4 Å². The van der Waals surface area contributed by atoms with Gasteiger partial charge in [-0.05, 0) is 36.1 Å². The van der Waals surface area contributed by atoms with Gasteiger partial charge in [-0.3, -0.25) is 0 Å². The standard InChI is InChI=1S/C19H22N4OS/c1-3-13-7-5-8-14(4-2)17(13)23-19(20)21-11-15-12-25-18(22-15)16-9-6-10-24-16/h5-10,12H,3-4,11H2,1-2H3,(H3,20,21,23). The first-order valence-electron chi connectivity index (χ1n) is 8.37. The second kappa shape index (κ2) is 7.98. The highest BCUT2D eigenvalue weighted by molar-refractivity contribution is 7.13. The number of nitrogens with one attached hydrogen (secondary N) is 1. The lowest BCUT2D eigenvalue weighted by Crippen LogP contribution is -2.24. The number of rotatable bonds is 6. The predicted molar refractivity (Wildman–Crippen MR) is 104 cm³/mol. The molecule has 0 spiro atoms. The number of para-hydroxylation sites is 1. The van der Waals surface area contributed by atoms with Crippen molar-refractivity contribution in [3.8, 4) is 10.8 Å². The minimum atomic E-state index is 0.406. The molecule has 0 saturated heterocycles. The monoisotopic (exact) mass is 354 g/mol. The molecule has 0 unspecified atom stereocenters. The number of hydrogen-bond acceptors (Lipinski definition) is 4. The van der Waals surface area contributed by atoms with Crippen LogP contribution in [0.5, 0.6) is 0 Å². The summed E-state index contributed by atoms with van der Waals surface area (Å²) in [6.07, 6.45) is 3.54. The number of anilines is 1. The van der Waals surface area contributed by atoms with Gasteiger partial charge in [-0.2, -0.15) is 0 Å². The molecular formula is C19H22N4OS. The number of hydrogen-bond donors (Lipinski definition) is 2. The summed E-state index contributed by atoms with van der Waals surface area (Å²) in [6, 6.07) is 10.1. The molecule has 0 saturated carbocycles. The lowest BCUT2D eigenvalue weighted by molar-refractivity contribution is 0.581. The zero-order valence-corrected chi connectivity index (χ0v) is 15.3. The van der Waals surface area contributed by atoms with Crippen molar-refractivity contribution in [1.29, 1.82) is 0 Å². The van der Waals surface area contributed by atoms with Crippen LogP contribution in [0, 0.1) is 0 Å². The van der Waals surface area contributed by atoms with Crippen LogP contribution in [0.1, 0.15) is 30.7 Å². The molecule has 0 bridgehead atoms. The van der Waals surface area contributed by atoms with Gasteiger partial charge in [-0.1, -0.05) is 32.0 Å². The van der Waals surface area contributed by atoms with Crippen LogP contribution in [0.3, 0.4) is 0 Å². The van der Waals surface area contributed by atoms with E-state index in [0.717, 1.165) is 35.0 Å². The van der Waals surface area contributed by atoms with Gasteiger partial charge < -0.3 is 15.5 Å². The highest BCUT2D eigenvalue weighted by Gasteiger charge is 2.09. The molecule has 0 amide bonds. The van der Waals surface area contributed by atoms with Crippen LogP contribution in [0.2, 0.25) is 0 Å². The molecule has 0 aliphatic carbocycles. The lowest BCUT2D eigenvalue weighted by atomic mass is 10.0. The fourth-order valence-electron chi connectivity index (χ4n) is 2.63. The number of guanidine groups is 1. The summed E-state index contributed by atoms with van der Waals surface area (Å²) in [5.74, 6) is 1.18. The largest absolute Gasteiger partial charge is 0.462 e. The molecule has 1 aromatic carbocycles. The van der Waals surface area contributed by atoms with Gasteiger partial charge in [0.15, 0.2) is 16.7 Å². The van der Waals surface area contributed by atoms with Crippen molar-refractivity contribution in [1.82, 2.24) is 4.98 Å². The molecule has 3 rings (SSSR count). The Kier molecular flexibility index (Phi) is 5.50. The van der Waals surface area contributed by atoms with E-state index in [0.29, 0.717) is 12.5 Å². The summed E-state index contributed by atoms with van der Waals surface area (Å²) in [6.45, 7) is 4.71. The van der Waals surface area contributed by atoms with Crippen LogP contribution in [0.4, 0.5) is 5.69 Å². The van der Waals surface area contributed by atoms with Crippen molar-refractivity contribution in [2.75, 3.05) is 5.32 Å². The Hall–Kier alpha value is -2.60. The molecule has 2 aromatic heterocycles. The zero-order chi connectivity index (χ0) is 17.6. The molecule has 0 aliphatic heterocycles. The van der Waals surface area contributed by atoms with Crippen molar-refractivity contribution >= 4 is 23.0 Å². The van der Waals surface area contributed by atoms with Crippen molar-refractivity contribution in [2.24, 2.45) is 10.7 Å². The van der Waals surface area contributed by atoms with Crippen molar-refractivity contribution < 1.29 is 4.42 Å². The number of nitrogens with two attached hydrogens (primary N) is 1. The highest BCUT2D eigenvalue weighted by atomic mass is 32.1. The van der Waals surface area contributed by atoms with E-state index in [1.54, 1.807) is 6.26 Å². The second-order valence-corrected chi connectivity index (χ2v) is 6.46. The number of nitrogens with zero attached hydrogens (tertiary/aromatic N) is 2. The fourth-order valence-corrected chi connectivity index (χ4v) is 3.41. The number of aryl methyl sites for hydroxylation is 2. The summed E-state index contributed by atoms with van der Waals surface area (Å²) in [7, 11) is 0. The van der Waals surface area contributed by atoms with Crippen molar-refractivity contribution in [3.05, 3.63) is 58.8 Å². The molecule has 130 valence electrons. The molecule has 0 aliphatic rings. The smallest absolute Gasteiger partial charge is 0.193 e. The molecule has 25 heavy (non-hydrogen) atoms. The van der Waals surface area contributed by atoms with Gasteiger partial charge in [0.25, 0.3) is 0 Å². The first-order valence-corrected chi connectivity index (χ1v) is 9.25. The van der Waals surface area contributed by atoms with E-state index in [4.69, 9.17) is 10.2 Å².